The Hall–Kier alpha value is -5.58. The maximum absolute atomic E-state index is 13.5. The second kappa shape index (κ2) is 15.3. The molecule has 4 aromatic carbocycles. The maximum atomic E-state index is 13.5. The quantitative estimate of drug-likeness (QED) is 0.149. The minimum atomic E-state index is -0.277. The van der Waals surface area contributed by atoms with Crippen LogP contribution in [0.4, 0.5) is 5.69 Å². The van der Waals surface area contributed by atoms with Gasteiger partial charge in [-0.1, -0.05) is 24.3 Å². The molecular weight excluding hydrogens is 656 g/mol. The third-order valence-corrected chi connectivity index (χ3v) is 9.88. The summed E-state index contributed by atoms with van der Waals surface area (Å²) in [4.78, 5) is 22.3. The number of pyridine rings is 1. The summed E-state index contributed by atoms with van der Waals surface area (Å²) >= 11 is 0. The van der Waals surface area contributed by atoms with E-state index in [9.17, 15) is 4.79 Å². The van der Waals surface area contributed by atoms with E-state index in [1.807, 2.05) is 48.5 Å². The van der Waals surface area contributed by atoms with Crippen molar-refractivity contribution in [3.05, 3.63) is 125 Å². The molecule has 0 unspecified atom stereocenters. The molecule has 7 rings (SSSR count). The van der Waals surface area contributed by atoms with Gasteiger partial charge >= 0.3 is 0 Å². The molecule has 10 nitrogen and oxygen atoms in total. The van der Waals surface area contributed by atoms with Crippen LogP contribution in [0.2, 0.25) is 0 Å². The molecule has 1 amide bonds. The lowest BCUT2D eigenvalue weighted by Gasteiger charge is -2.35. The number of carbonyl (C=O) groups is 1. The number of fused-ring (bicyclic) bond motifs is 2. The molecule has 0 bridgehead atoms. The monoisotopic (exact) mass is 700 g/mol. The van der Waals surface area contributed by atoms with Gasteiger partial charge < -0.3 is 33.9 Å². The van der Waals surface area contributed by atoms with Gasteiger partial charge in [-0.2, -0.15) is 0 Å². The van der Waals surface area contributed by atoms with Gasteiger partial charge in [0, 0.05) is 37.4 Å². The molecule has 0 fully saturated rings. The Kier molecular flexibility index (Phi) is 10.3. The van der Waals surface area contributed by atoms with Crippen LogP contribution >= 0.6 is 0 Å². The minimum absolute atomic E-state index is 0.0175. The van der Waals surface area contributed by atoms with Crippen LogP contribution in [0.3, 0.4) is 0 Å². The van der Waals surface area contributed by atoms with Crippen molar-refractivity contribution in [2.45, 2.75) is 31.8 Å². The van der Waals surface area contributed by atoms with E-state index in [0.717, 1.165) is 49.2 Å². The van der Waals surface area contributed by atoms with Gasteiger partial charge in [0.25, 0.3) is 5.91 Å². The molecule has 0 radical (unpaired) electrons. The van der Waals surface area contributed by atoms with Gasteiger partial charge in [0.1, 0.15) is 11.5 Å². The topological polar surface area (TPSA) is 94.6 Å². The fourth-order valence-electron chi connectivity index (χ4n) is 7.10. The van der Waals surface area contributed by atoms with Gasteiger partial charge in [0.2, 0.25) is 5.75 Å². The van der Waals surface area contributed by atoms with E-state index in [-0.39, 0.29) is 11.9 Å². The van der Waals surface area contributed by atoms with Crippen molar-refractivity contribution in [1.82, 2.24) is 14.8 Å². The van der Waals surface area contributed by atoms with Gasteiger partial charge in [0.05, 0.1) is 38.8 Å². The third-order valence-electron chi connectivity index (χ3n) is 9.88. The van der Waals surface area contributed by atoms with Crippen LogP contribution in [0.1, 0.15) is 44.2 Å². The van der Waals surface area contributed by atoms with Crippen molar-refractivity contribution >= 4 is 11.6 Å². The van der Waals surface area contributed by atoms with Crippen LogP contribution in [0.5, 0.6) is 40.2 Å². The lowest BCUT2D eigenvalue weighted by molar-refractivity contribution is 0.102. The van der Waals surface area contributed by atoms with Crippen LogP contribution < -0.4 is 29.0 Å². The van der Waals surface area contributed by atoms with Gasteiger partial charge in [-0.15, -0.1) is 0 Å². The Morgan fingerprint density at radius 2 is 1.58 bits per heavy atom. The van der Waals surface area contributed by atoms with Crippen LogP contribution in [-0.4, -0.2) is 69.2 Å². The van der Waals surface area contributed by atoms with Crippen LogP contribution in [-0.2, 0) is 25.8 Å². The zero-order valence-electron chi connectivity index (χ0n) is 30.3. The number of amides is 1. The van der Waals surface area contributed by atoms with Gasteiger partial charge in [0.15, 0.2) is 23.0 Å². The van der Waals surface area contributed by atoms with Crippen LogP contribution in [0.15, 0.2) is 91.3 Å². The summed E-state index contributed by atoms with van der Waals surface area (Å²) in [5, 5.41) is 2.94. The zero-order chi connectivity index (χ0) is 36.2. The Balaban J connectivity index is 1.24. The second-order valence-corrected chi connectivity index (χ2v) is 13.3. The minimum Gasteiger partial charge on any atom is -0.493 e. The molecule has 0 aliphatic carbocycles. The summed E-state index contributed by atoms with van der Waals surface area (Å²) in [6, 6.07) is 25.2. The number of likely N-dealkylation sites (N-methyl/N-ethyl adjacent to an activating group) is 2. The average molecular weight is 701 g/mol. The highest BCUT2D eigenvalue weighted by atomic mass is 16.5. The molecule has 2 aliphatic heterocycles. The first kappa shape index (κ1) is 34.9. The Morgan fingerprint density at radius 3 is 2.33 bits per heavy atom. The molecule has 5 aromatic rings. The number of nitrogens with zero attached hydrogens (tertiary/aromatic N) is 3. The number of hydrogen-bond donors (Lipinski definition) is 1. The molecule has 3 heterocycles. The molecule has 268 valence electrons. The molecule has 1 aromatic heterocycles. The summed E-state index contributed by atoms with van der Waals surface area (Å²) in [6.45, 7) is 2.56. The van der Waals surface area contributed by atoms with Crippen LogP contribution in [0, 0.1) is 0 Å². The smallest absolute Gasteiger partial charge is 0.259 e. The third kappa shape index (κ3) is 7.26. The van der Waals surface area contributed by atoms with E-state index in [4.69, 9.17) is 23.7 Å². The van der Waals surface area contributed by atoms with Gasteiger partial charge in [-0.25, -0.2) is 0 Å². The number of hydrogen-bond acceptors (Lipinski definition) is 9. The van der Waals surface area contributed by atoms with Crippen molar-refractivity contribution < 1.29 is 28.5 Å². The highest BCUT2D eigenvalue weighted by Crippen LogP contribution is 2.48. The number of para-hydroxylation sites is 1. The first-order valence-corrected chi connectivity index (χ1v) is 17.5. The van der Waals surface area contributed by atoms with E-state index in [2.05, 4.69) is 52.4 Å². The molecule has 2 aliphatic rings. The molecule has 0 spiro atoms. The van der Waals surface area contributed by atoms with Crippen molar-refractivity contribution in [1.29, 1.82) is 0 Å². The summed E-state index contributed by atoms with van der Waals surface area (Å²) in [5.41, 5.74) is 6.69. The lowest BCUT2D eigenvalue weighted by atomic mass is 9.88. The summed E-state index contributed by atoms with van der Waals surface area (Å²) < 4.78 is 30.8. The van der Waals surface area contributed by atoms with Crippen LogP contribution in [0.25, 0.3) is 0 Å². The summed E-state index contributed by atoms with van der Waals surface area (Å²) in [7, 11) is 9.22. The van der Waals surface area contributed by atoms with Crippen molar-refractivity contribution in [3.8, 4) is 40.2 Å². The average Bonchev–Trinajstić information content (AvgIpc) is 3.16. The number of nitrogens with one attached hydrogen (secondary N) is 1. The van der Waals surface area contributed by atoms with Crippen molar-refractivity contribution in [2.24, 2.45) is 0 Å². The van der Waals surface area contributed by atoms with Crippen molar-refractivity contribution in [3.63, 3.8) is 0 Å². The molecule has 0 saturated heterocycles. The van der Waals surface area contributed by atoms with E-state index < -0.39 is 0 Å². The molecule has 52 heavy (non-hydrogen) atoms. The van der Waals surface area contributed by atoms with Gasteiger partial charge in [-0.3, -0.25) is 14.7 Å². The number of ether oxygens (including phenoxy) is 5. The number of benzene rings is 4. The van der Waals surface area contributed by atoms with E-state index in [1.54, 1.807) is 45.9 Å². The highest BCUT2D eigenvalue weighted by molar-refractivity contribution is 6.06. The van der Waals surface area contributed by atoms with E-state index in [1.165, 1.54) is 11.1 Å². The molecule has 1 N–H and O–H groups in total. The van der Waals surface area contributed by atoms with E-state index in [0.29, 0.717) is 57.9 Å². The summed E-state index contributed by atoms with van der Waals surface area (Å²) in [6.07, 6.45) is 5.72. The standard InChI is InChI=1S/C42H44N4O6/c1-45-18-15-29-23-39(49-4)41(50-5)40(34(29)26-45)52-38-24-33-28(22-37(38)48-3)16-19-46(2)35(33)20-27-13-14-32(42(47)44-30-10-9-17-43-25-30)36(21-27)51-31-11-7-6-8-12-31/h6-14,17,21-25,35H,15-16,18-20,26H2,1-5H3,(H,44,47)/t35-/m1/s1. The first-order chi connectivity index (χ1) is 25.3. The fraction of sp³-hybridized carbons (Fsp3) is 0.286. The SMILES string of the molecule is COc1cc2c(cc1Oc1c3c(cc(OC)c1OC)CCN(C)C3)[C@@H](Cc1ccc(C(=O)Nc3cccnc3)c(Oc3ccccc3)c1)N(C)CC2. The molecule has 1 atom stereocenters. The Labute approximate surface area is 304 Å². The number of methoxy groups -OCH3 is 3. The predicted molar refractivity (Wildman–Crippen MR) is 201 cm³/mol. The maximum Gasteiger partial charge on any atom is 0.259 e. The molecule has 0 saturated carbocycles. The largest absolute Gasteiger partial charge is 0.493 e. The highest BCUT2D eigenvalue weighted by Gasteiger charge is 2.30. The number of aromatic nitrogens is 1. The number of rotatable bonds is 11. The lowest BCUT2D eigenvalue weighted by Crippen LogP contribution is -2.33. The normalized spacial score (nSPS) is 15.6. The second-order valence-electron chi connectivity index (χ2n) is 13.3. The zero-order valence-corrected chi connectivity index (χ0v) is 30.3. The van der Waals surface area contributed by atoms with Crippen molar-refractivity contribution in [2.75, 3.05) is 53.8 Å². The first-order valence-electron chi connectivity index (χ1n) is 17.5. The summed E-state index contributed by atoms with van der Waals surface area (Å²) in [5.74, 6) is 3.95. The molecule has 10 heteroatoms. The van der Waals surface area contributed by atoms with Gasteiger partial charge in [-0.05, 0) is 110 Å². The Morgan fingerprint density at radius 1 is 0.788 bits per heavy atom. The predicted octanol–water partition coefficient (Wildman–Crippen LogP) is 7.70. The van der Waals surface area contributed by atoms with E-state index >= 15 is 0 Å². The molecular formula is C42H44N4O6. The number of anilines is 1. The Bertz CT molecular complexity index is 2060. The number of carbonyl (C=O) groups excluding carboxylic acids is 1. The fourth-order valence-corrected chi connectivity index (χ4v) is 7.10.